The highest BCUT2D eigenvalue weighted by atomic mass is 19.1. The van der Waals surface area contributed by atoms with Crippen molar-refractivity contribution < 1.29 is 19.4 Å². The molecule has 0 heterocycles. The van der Waals surface area contributed by atoms with Gasteiger partial charge < -0.3 is 15.9 Å². The van der Waals surface area contributed by atoms with Crippen molar-refractivity contribution in [1.29, 1.82) is 0 Å². The molecular formula is C11H16FNO3. The molecule has 1 aromatic carbocycles. The number of carbonyl (C=O) groups excluding carboxylic acids is 1. The number of benzene rings is 1. The van der Waals surface area contributed by atoms with E-state index in [0.29, 0.717) is 12.0 Å². The van der Waals surface area contributed by atoms with Crippen molar-refractivity contribution in [2.75, 3.05) is 6.61 Å². The topological polar surface area (TPSA) is 83.6 Å². The van der Waals surface area contributed by atoms with Crippen molar-refractivity contribution in [2.45, 2.75) is 19.4 Å². The lowest BCUT2D eigenvalue weighted by Gasteiger charge is -1.95. The van der Waals surface area contributed by atoms with E-state index in [1.54, 1.807) is 6.92 Å². The number of aliphatic hydroxyl groups excluding tert-OH is 2. The van der Waals surface area contributed by atoms with Crippen LogP contribution in [-0.4, -0.2) is 28.8 Å². The molecule has 16 heavy (non-hydrogen) atoms. The lowest BCUT2D eigenvalue weighted by atomic mass is 10.2. The van der Waals surface area contributed by atoms with Gasteiger partial charge in [-0.25, -0.2) is 4.39 Å². The first kappa shape index (κ1) is 14.5. The van der Waals surface area contributed by atoms with Crippen LogP contribution in [-0.2, 0) is 0 Å². The number of hydrogen-bond acceptors (Lipinski definition) is 3. The van der Waals surface area contributed by atoms with Gasteiger partial charge in [-0.3, -0.25) is 4.79 Å². The summed E-state index contributed by atoms with van der Waals surface area (Å²) in [6.07, 6.45) is 0.134. The summed E-state index contributed by atoms with van der Waals surface area (Å²) >= 11 is 0. The third kappa shape index (κ3) is 6.92. The Labute approximate surface area is 93.5 Å². The molecule has 0 fully saturated rings. The van der Waals surface area contributed by atoms with Gasteiger partial charge in [0.15, 0.2) is 0 Å². The Bertz CT molecular complexity index is 312. The van der Waals surface area contributed by atoms with E-state index in [4.69, 9.17) is 15.9 Å². The Morgan fingerprint density at radius 3 is 2.19 bits per heavy atom. The fourth-order valence-electron chi connectivity index (χ4n) is 0.801. The highest BCUT2D eigenvalue weighted by Crippen LogP contribution is 2.00. The van der Waals surface area contributed by atoms with Crippen LogP contribution >= 0.6 is 0 Å². The summed E-state index contributed by atoms with van der Waals surface area (Å²) in [6.45, 7) is 1.73. The Balaban J connectivity index is 0.000000325. The molecule has 0 saturated heterocycles. The molecule has 4 N–H and O–H groups in total. The predicted molar refractivity (Wildman–Crippen MR) is 58.3 cm³/mol. The summed E-state index contributed by atoms with van der Waals surface area (Å²) < 4.78 is 12.2. The molecule has 5 heteroatoms. The zero-order chi connectivity index (χ0) is 12.6. The van der Waals surface area contributed by atoms with Gasteiger partial charge in [0.1, 0.15) is 5.82 Å². The second-order valence-electron chi connectivity index (χ2n) is 3.23. The van der Waals surface area contributed by atoms with Crippen LogP contribution in [0.2, 0.25) is 0 Å². The van der Waals surface area contributed by atoms with Crippen molar-refractivity contribution in [2.24, 2.45) is 5.73 Å². The highest BCUT2D eigenvalue weighted by molar-refractivity contribution is 5.92. The number of aliphatic hydroxyl groups is 2. The fraction of sp³-hybridized carbons (Fsp3) is 0.364. The summed E-state index contributed by atoms with van der Waals surface area (Å²) in [5.74, 6) is -0.912. The van der Waals surface area contributed by atoms with Crippen LogP contribution in [0, 0.1) is 5.82 Å². The van der Waals surface area contributed by atoms with Crippen LogP contribution in [0.15, 0.2) is 24.3 Å². The Morgan fingerprint density at radius 2 is 1.94 bits per heavy atom. The summed E-state index contributed by atoms with van der Waals surface area (Å²) in [5.41, 5.74) is 5.22. The molecule has 4 nitrogen and oxygen atoms in total. The normalized spacial score (nSPS) is 11.2. The van der Waals surface area contributed by atoms with Gasteiger partial charge in [-0.2, -0.15) is 0 Å². The maximum Gasteiger partial charge on any atom is 0.248 e. The van der Waals surface area contributed by atoms with E-state index in [2.05, 4.69) is 0 Å². The fourth-order valence-corrected chi connectivity index (χ4v) is 0.801. The van der Waals surface area contributed by atoms with E-state index in [1.165, 1.54) is 24.3 Å². The number of hydrogen-bond donors (Lipinski definition) is 3. The summed E-state index contributed by atoms with van der Waals surface area (Å²) in [4.78, 5) is 10.4. The molecule has 0 aliphatic rings. The number of carbonyl (C=O) groups is 1. The molecule has 1 amide bonds. The average Bonchev–Trinajstić information content (AvgIpc) is 2.19. The first-order valence-electron chi connectivity index (χ1n) is 4.81. The van der Waals surface area contributed by atoms with E-state index >= 15 is 0 Å². The van der Waals surface area contributed by atoms with Crippen LogP contribution in [0.4, 0.5) is 4.39 Å². The van der Waals surface area contributed by atoms with Crippen molar-refractivity contribution in [3.8, 4) is 0 Å². The minimum Gasteiger partial charge on any atom is -0.396 e. The SMILES string of the molecule is CC(O)CCO.NC(=O)c1ccc(F)cc1. The van der Waals surface area contributed by atoms with Crippen LogP contribution in [0.5, 0.6) is 0 Å². The minimum absolute atomic E-state index is 0.0810. The van der Waals surface area contributed by atoms with Gasteiger partial charge in [0.25, 0.3) is 0 Å². The maximum atomic E-state index is 12.2. The van der Waals surface area contributed by atoms with E-state index in [9.17, 15) is 9.18 Å². The minimum atomic E-state index is -0.542. The van der Waals surface area contributed by atoms with Crippen molar-refractivity contribution in [3.05, 3.63) is 35.6 Å². The zero-order valence-corrected chi connectivity index (χ0v) is 9.06. The molecule has 0 spiro atoms. The molecule has 1 aromatic rings. The predicted octanol–water partition coefficient (Wildman–Crippen LogP) is 0.674. The van der Waals surface area contributed by atoms with Gasteiger partial charge in [-0.05, 0) is 37.6 Å². The molecule has 0 bridgehead atoms. The number of rotatable bonds is 3. The first-order chi connectivity index (χ1) is 7.47. The van der Waals surface area contributed by atoms with Crippen LogP contribution in [0.3, 0.4) is 0 Å². The lowest BCUT2D eigenvalue weighted by molar-refractivity contribution is 0.1000. The van der Waals surface area contributed by atoms with Crippen LogP contribution in [0.25, 0.3) is 0 Å². The Kier molecular flexibility index (Phi) is 7.07. The van der Waals surface area contributed by atoms with Gasteiger partial charge in [0.05, 0.1) is 6.10 Å². The smallest absolute Gasteiger partial charge is 0.248 e. The number of nitrogens with two attached hydrogens (primary N) is 1. The zero-order valence-electron chi connectivity index (χ0n) is 9.06. The van der Waals surface area contributed by atoms with E-state index in [-0.39, 0.29) is 18.5 Å². The molecule has 0 saturated carbocycles. The van der Waals surface area contributed by atoms with Gasteiger partial charge in [-0.1, -0.05) is 0 Å². The molecule has 0 aliphatic carbocycles. The van der Waals surface area contributed by atoms with E-state index in [1.807, 2.05) is 0 Å². The van der Waals surface area contributed by atoms with Gasteiger partial charge in [0.2, 0.25) is 5.91 Å². The molecular weight excluding hydrogens is 213 g/mol. The molecule has 1 rings (SSSR count). The van der Waals surface area contributed by atoms with E-state index < -0.39 is 5.91 Å². The molecule has 0 aromatic heterocycles. The third-order valence-electron chi connectivity index (χ3n) is 1.68. The van der Waals surface area contributed by atoms with Crippen molar-refractivity contribution in [1.82, 2.24) is 0 Å². The highest BCUT2D eigenvalue weighted by Gasteiger charge is 1.97. The first-order valence-corrected chi connectivity index (χ1v) is 4.81. The Morgan fingerprint density at radius 1 is 1.44 bits per heavy atom. The molecule has 1 atom stereocenters. The molecule has 0 aliphatic heterocycles. The summed E-state index contributed by atoms with van der Waals surface area (Å²) in [7, 11) is 0. The summed E-state index contributed by atoms with van der Waals surface area (Å²) in [5, 5.41) is 16.5. The van der Waals surface area contributed by atoms with Gasteiger partial charge in [-0.15, -0.1) is 0 Å². The Hall–Kier alpha value is -1.46. The molecule has 90 valence electrons. The number of primary amides is 1. The lowest BCUT2D eigenvalue weighted by Crippen LogP contribution is -2.10. The van der Waals surface area contributed by atoms with Gasteiger partial charge >= 0.3 is 0 Å². The molecule has 0 radical (unpaired) electrons. The van der Waals surface area contributed by atoms with Crippen molar-refractivity contribution in [3.63, 3.8) is 0 Å². The average molecular weight is 229 g/mol. The van der Waals surface area contributed by atoms with Crippen LogP contribution < -0.4 is 5.73 Å². The molecule has 1 unspecified atom stereocenters. The number of halogens is 1. The van der Waals surface area contributed by atoms with E-state index in [0.717, 1.165) is 0 Å². The second kappa shape index (κ2) is 7.78. The summed E-state index contributed by atoms with van der Waals surface area (Å²) in [6, 6.07) is 5.08. The second-order valence-corrected chi connectivity index (χ2v) is 3.23. The quantitative estimate of drug-likeness (QED) is 0.712. The van der Waals surface area contributed by atoms with Crippen molar-refractivity contribution >= 4 is 5.91 Å². The third-order valence-corrected chi connectivity index (χ3v) is 1.68. The largest absolute Gasteiger partial charge is 0.396 e. The van der Waals surface area contributed by atoms with Crippen LogP contribution in [0.1, 0.15) is 23.7 Å². The number of amides is 1. The van der Waals surface area contributed by atoms with Gasteiger partial charge in [0, 0.05) is 12.2 Å². The monoisotopic (exact) mass is 229 g/mol. The standard InChI is InChI=1S/C7H6FNO.C4H10O2/c8-6-3-1-5(2-4-6)7(9)10;1-4(6)2-3-5/h1-4H,(H2,9,10);4-6H,2-3H2,1H3. The maximum absolute atomic E-state index is 12.2.